The molecule has 0 spiro atoms. The van der Waals surface area contributed by atoms with Crippen LogP contribution in [0.1, 0.15) is 42.3 Å². The summed E-state index contributed by atoms with van der Waals surface area (Å²) in [5.74, 6) is -0.559. The molecule has 1 saturated heterocycles. The van der Waals surface area contributed by atoms with Crippen molar-refractivity contribution in [3.63, 3.8) is 0 Å². The Morgan fingerprint density at radius 2 is 1.81 bits per heavy atom. The number of carbonyl (C=O) groups is 4. The number of nitrogens with zero attached hydrogens (tertiary/aromatic N) is 1. The summed E-state index contributed by atoms with van der Waals surface area (Å²) >= 11 is 0. The second kappa shape index (κ2) is 7.67. The fraction of sp³-hybridized carbons (Fsp3) is 0.304. The van der Waals surface area contributed by atoms with E-state index >= 15 is 0 Å². The maximum Gasteiger partial charge on any atom is 0.514 e. The molecule has 0 aromatic heterocycles. The first-order valence-corrected chi connectivity index (χ1v) is 10.1. The maximum atomic E-state index is 13.0. The Balaban J connectivity index is 1.56. The molecule has 9 heteroatoms. The molecule has 166 valence electrons. The molecule has 1 fully saturated rings. The standard InChI is InChI=1S/C23H23N3O6/c1-22(2,3)32-21(30)31-16-9-10-17-14(11-16)12-26(18(17)27)13-23(15-7-5-4-6-8-15)19(28)24-20(29)25-23/h4-11H,12-13H2,1-3H3,(H2,24,25,28,29). The van der Waals surface area contributed by atoms with E-state index in [1.54, 1.807) is 63.2 Å². The van der Waals surface area contributed by atoms with Crippen LogP contribution >= 0.6 is 0 Å². The number of nitrogens with one attached hydrogen (secondary N) is 2. The van der Waals surface area contributed by atoms with Gasteiger partial charge in [-0.3, -0.25) is 14.9 Å². The number of hydrogen-bond acceptors (Lipinski definition) is 6. The van der Waals surface area contributed by atoms with Crippen LogP contribution in [0.3, 0.4) is 0 Å². The largest absolute Gasteiger partial charge is 0.514 e. The molecule has 0 bridgehead atoms. The van der Waals surface area contributed by atoms with Gasteiger partial charge in [0.1, 0.15) is 11.4 Å². The molecule has 2 aliphatic rings. The molecule has 2 aromatic carbocycles. The number of hydrogen-bond donors (Lipinski definition) is 2. The summed E-state index contributed by atoms with van der Waals surface area (Å²) in [7, 11) is 0. The molecular formula is C23H23N3O6. The lowest BCUT2D eigenvalue weighted by Crippen LogP contribution is -2.52. The van der Waals surface area contributed by atoms with E-state index in [9.17, 15) is 19.2 Å². The molecular weight excluding hydrogens is 414 g/mol. The van der Waals surface area contributed by atoms with Crippen LogP contribution in [0.4, 0.5) is 9.59 Å². The van der Waals surface area contributed by atoms with E-state index in [1.807, 2.05) is 0 Å². The van der Waals surface area contributed by atoms with Gasteiger partial charge in [-0.05, 0) is 50.1 Å². The van der Waals surface area contributed by atoms with Gasteiger partial charge in [-0.2, -0.15) is 0 Å². The Morgan fingerprint density at radius 3 is 2.44 bits per heavy atom. The van der Waals surface area contributed by atoms with E-state index in [1.165, 1.54) is 11.0 Å². The molecule has 2 heterocycles. The zero-order valence-electron chi connectivity index (χ0n) is 17.9. The summed E-state index contributed by atoms with van der Waals surface area (Å²) in [5.41, 5.74) is -0.440. The number of benzene rings is 2. The van der Waals surface area contributed by atoms with Gasteiger partial charge in [0.2, 0.25) is 0 Å². The molecule has 0 saturated carbocycles. The fourth-order valence-electron chi connectivity index (χ4n) is 3.82. The summed E-state index contributed by atoms with van der Waals surface area (Å²) in [6.07, 6.45) is -0.841. The van der Waals surface area contributed by atoms with Gasteiger partial charge in [-0.25, -0.2) is 9.59 Å². The number of imide groups is 1. The zero-order valence-corrected chi connectivity index (χ0v) is 17.9. The highest BCUT2D eigenvalue weighted by Crippen LogP contribution is 2.32. The summed E-state index contributed by atoms with van der Waals surface area (Å²) in [4.78, 5) is 51.2. The van der Waals surface area contributed by atoms with Gasteiger partial charge >= 0.3 is 12.2 Å². The number of urea groups is 1. The van der Waals surface area contributed by atoms with Crippen molar-refractivity contribution < 1.29 is 28.7 Å². The van der Waals surface area contributed by atoms with Gasteiger partial charge in [0.15, 0.2) is 5.54 Å². The van der Waals surface area contributed by atoms with Crippen LogP contribution in [0.5, 0.6) is 5.75 Å². The van der Waals surface area contributed by atoms with Crippen LogP contribution in [-0.4, -0.2) is 41.0 Å². The topological polar surface area (TPSA) is 114 Å². The van der Waals surface area contributed by atoms with Crippen LogP contribution in [0.25, 0.3) is 0 Å². The van der Waals surface area contributed by atoms with Gasteiger partial charge in [0, 0.05) is 12.1 Å². The summed E-state index contributed by atoms with van der Waals surface area (Å²) in [5, 5.41) is 4.95. The Kier molecular flexibility index (Phi) is 5.12. The number of amides is 4. The fourth-order valence-corrected chi connectivity index (χ4v) is 3.82. The first-order valence-electron chi connectivity index (χ1n) is 10.1. The van der Waals surface area contributed by atoms with E-state index in [0.717, 1.165) is 0 Å². The molecule has 2 aromatic rings. The average Bonchev–Trinajstić information content (AvgIpc) is 3.17. The predicted octanol–water partition coefficient (Wildman–Crippen LogP) is 2.69. The zero-order chi connectivity index (χ0) is 23.1. The average molecular weight is 437 g/mol. The molecule has 0 radical (unpaired) electrons. The van der Waals surface area contributed by atoms with E-state index < -0.39 is 29.2 Å². The predicted molar refractivity (Wildman–Crippen MR) is 113 cm³/mol. The quantitative estimate of drug-likeness (QED) is 0.432. The third-order valence-electron chi connectivity index (χ3n) is 5.18. The van der Waals surface area contributed by atoms with Crippen molar-refractivity contribution in [3.8, 4) is 5.75 Å². The first-order chi connectivity index (χ1) is 15.1. The lowest BCUT2D eigenvalue weighted by molar-refractivity contribution is -0.124. The Labute approximate surface area is 184 Å². The number of carbonyl (C=O) groups excluding carboxylic acids is 4. The first kappa shape index (κ1) is 21.4. The molecule has 4 rings (SSSR count). The van der Waals surface area contributed by atoms with Crippen molar-refractivity contribution in [3.05, 3.63) is 65.2 Å². The third-order valence-corrected chi connectivity index (χ3v) is 5.18. The van der Waals surface area contributed by atoms with Gasteiger partial charge in [-0.15, -0.1) is 0 Å². The SMILES string of the molecule is CC(C)(C)OC(=O)Oc1ccc2c(c1)CN(CC1(c3ccccc3)NC(=O)NC1=O)C2=O. The van der Waals surface area contributed by atoms with Crippen molar-refractivity contribution >= 4 is 24.0 Å². The normalized spacial score (nSPS) is 20.0. The monoisotopic (exact) mass is 437 g/mol. The van der Waals surface area contributed by atoms with Crippen molar-refractivity contribution in [2.75, 3.05) is 6.54 Å². The molecule has 1 atom stereocenters. The van der Waals surface area contributed by atoms with E-state index in [0.29, 0.717) is 16.7 Å². The Morgan fingerprint density at radius 1 is 1.09 bits per heavy atom. The molecule has 32 heavy (non-hydrogen) atoms. The number of ether oxygens (including phenoxy) is 2. The van der Waals surface area contributed by atoms with Crippen LogP contribution in [0.2, 0.25) is 0 Å². The van der Waals surface area contributed by atoms with Gasteiger partial charge in [0.05, 0.1) is 6.54 Å². The van der Waals surface area contributed by atoms with E-state index in [-0.39, 0.29) is 24.7 Å². The minimum absolute atomic E-state index is 0.0512. The van der Waals surface area contributed by atoms with Crippen molar-refractivity contribution in [2.24, 2.45) is 0 Å². The minimum Gasteiger partial charge on any atom is -0.428 e. The molecule has 2 N–H and O–H groups in total. The highest BCUT2D eigenvalue weighted by atomic mass is 16.7. The smallest absolute Gasteiger partial charge is 0.428 e. The highest BCUT2D eigenvalue weighted by Gasteiger charge is 2.50. The van der Waals surface area contributed by atoms with Crippen LogP contribution in [0, 0.1) is 0 Å². The minimum atomic E-state index is -1.40. The molecule has 1 unspecified atom stereocenters. The summed E-state index contributed by atoms with van der Waals surface area (Å²) in [6.45, 7) is 5.33. The Hall–Kier alpha value is -3.88. The molecule has 9 nitrogen and oxygen atoms in total. The second-order valence-electron chi connectivity index (χ2n) is 8.73. The lowest BCUT2D eigenvalue weighted by atomic mass is 9.89. The van der Waals surface area contributed by atoms with Crippen LogP contribution in [-0.2, 0) is 21.6 Å². The molecule has 2 aliphatic heterocycles. The van der Waals surface area contributed by atoms with Crippen molar-refractivity contribution in [1.29, 1.82) is 0 Å². The summed E-state index contributed by atoms with van der Waals surface area (Å²) in [6, 6.07) is 12.8. The number of fused-ring (bicyclic) bond motifs is 1. The van der Waals surface area contributed by atoms with Gasteiger partial charge in [0.25, 0.3) is 11.8 Å². The number of rotatable bonds is 4. The van der Waals surface area contributed by atoms with E-state index in [4.69, 9.17) is 9.47 Å². The third kappa shape index (κ3) is 4.01. The van der Waals surface area contributed by atoms with Crippen LogP contribution in [0.15, 0.2) is 48.5 Å². The molecule has 4 amide bonds. The maximum absolute atomic E-state index is 13.0. The second-order valence-corrected chi connectivity index (χ2v) is 8.73. The lowest BCUT2D eigenvalue weighted by Gasteiger charge is -2.31. The summed E-state index contributed by atoms with van der Waals surface area (Å²) < 4.78 is 10.4. The highest BCUT2D eigenvalue weighted by molar-refractivity contribution is 6.08. The van der Waals surface area contributed by atoms with Gasteiger partial charge in [-0.1, -0.05) is 30.3 Å². The van der Waals surface area contributed by atoms with E-state index in [2.05, 4.69) is 10.6 Å². The molecule has 0 aliphatic carbocycles. The van der Waals surface area contributed by atoms with Gasteiger partial charge < -0.3 is 19.7 Å². The Bertz CT molecular complexity index is 1110. The van der Waals surface area contributed by atoms with Crippen molar-refractivity contribution in [1.82, 2.24) is 15.5 Å². The van der Waals surface area contributed by atoms with Crippen LogP contribution < -0.4 is 15.4 Å². The van der Waals surface area contributed by atoms with Crippen molar-refractivity contribution in [2.45, 2.75) is 38.5 Å².